The van der Waals surface area contributed by atoms with Crippen LogP contribution in [0.15, 0.2) is 0 Å². The van der Waals surface area contributed by atoms with E-state index in [4.69, 9.17) is 14.6 Å². The summed E-state index contributed by atoms with van der Waals surface area (Å²) < 4.78 is 10.7. The molecule has 0 bridgehead atoms. The third kappa shape index (κ3) is 3.40. The van der Waals surface area contributed by atoms with Crippen molar-refractivity contribution in [3.8, 4) is 0 Å². The number of rotatable bonds is 3. The zero-order valence-electron chi connectivity index (χ0n) is 10.1. The summed E-state index contributed by atoms with van der Waals surface area (Å²) in [5, 5.41) is 8.94. The van der Waals surface area contributed by atoms with Crippen molar-refractivity contribution in [3.05, 3.63) is 0 Å². The number of aliphatic hydroxyl groups is 1. The Morgan fingerprint density at radius 1 is 1.41 bits per heavy atom. The van der Waals surface area contributed by atoms with Crippen LogP contribution in [0.25, 0.3) is 0 Å². The molecule has 2 fully saturated rings. The fraction of sp³-hybridized carbons (Fsp3) is 0.917. The highest BCUT2D eigenvalue weighted by atomic mass is 16.6. The smallest absolute Gasteiger partial charge is 0.254 e. The second kappa shape index (κ2) is 6.33. The summed E-state index contributed by atoms with van der Waals surface area (Å²) in [7, 11) is 0. The van der Waals surface area contributed by atoms with Gasteiger partial charge in [-0.3, -0.25) is 4.79 Å². The lowest BCUT2D eigenvalue weighted by Crippen LogP contribution is -2.49. The molecule has 0 radical (unpaired) electrons. The second-order valence-corrected chi connectivity index (χ2v) is 4.74. The van der Waals surface area contributed by atoms with Crippen LogP contribution in [-0.4, -0.2) is 61.5 Å². The molecule has 0 aromatic carbocycles. The molecule has 5 heteroatoms. The highest BCUT2D eigenvalue weighted by Gasteiger charge is 2.30. The highest BCUT2D eigenvalue weighted by molar-refractivity contribution is 5.81. The molecule has 17 heavy (non-hydrogen) atoms. The van der Waals surface area contributed by atoms with Gasteiger partial charge in [0.15, 0.2) is 6.10 Å². The number of likely N-dealkylation sites (tertiary alicyclic amines) is 1. The Labute approximate surface area is 102 Å². The summed E-state index contributed by atoms with van der Waals surface area (Å²) in [6, 6.07) is 0. The first-order valence-corrected chi connectivity index (χ1v) is 6.40. The number of amides is 1. The normalized spacial score (nSPS) is 30.3. The lowest BCUT2D eigenvalue weighted by atomic mass is 9.95. The van der Waals surface area contributed by atoms with E-state index in [1.54, 1.807) is 0 Å². The highest BCUT2D eigenvalue weighted by Crippen LogP contribution is 2.20. The van der Waals surface area contributed by atoms with Crippen LogP contribution in [0.3, 0.4) is 0 Å². The fourth-order valence-electron chi connectivity index (χ4n) is 2.52. The van der Waals surface area contributed by atoms with Crippen molar-refractivity contribution in [3.63, 3.8) is 0 Å². The minimum Gasteiger partial charge on any atom is -0.396 e. The minimum atomic E-state index is -0.420. The first-order chi connectivity index (χ1) is 8.31. The zero-order chi connectivity index (χ0) is 12.1. The van der Waals surface area contributed by atoms with E-state index in [0.29, 0.717) is 25.7 Å². The molecule has 0 aromatic heterocycles. The largest absolute Gasteiger partial charge is 0.396 e. The van der Waals surface area contributed by atoms with Crippen LogP contribution in [0, 0.1) is 5.92 Å². The molecule has 0 saturated carbocycles. The monoisotopic (exact) mass is 243 g/mol. The molecule has 1 amide bonds. The molecule has 0 aromatic rings. The first-order valence-electron chi connectivity index (χ1n) is 6.40. The number of nitrogens with zero attached hydrogens (tertiary/aromatic N) is 1. The molecule has 2 rings (SSSR count). The maximum Gasteiger partial charge on any atom is 0.254 e. The van der Waals surface area contributed by atoms with Crippen molar-refractivity contribution in [2.75, 3.05) is 39.5 Å². The number of ether oxygens (including phenoxy) is 2. The second-order valence-electron chi connectivity index (χ2n) is 4.74. The Bertz CT molecular complexity index is 251. The lowest BCUT2D eigenvalue weighted by Gasteiger charge is -2.35. The summed E-state index contributed by atoms with van der Waals surface area (Å²) in [6.07, 6.45) is 2.49. The van der Waals surface area contributed by atoms with Crippen molar-refractivity contribution < 1.29 is 19.4 Å². The van der Waals surface area contributed by atoms with Gasteiger partial charge in [-0.2, -0.15) is 0 Å². The van der Waals surface area contributed by atoms with Crippen LogP contribution in [0.2, 0.25) is 0 Å². The van der Waals surface area contributed by atoms with Crippen LogP contribution >= 0.6 is 0 Å². The average molecular weight is 243 g/mol. The van der Waals surface area contributed by atoms with E-state index < -0.39 is 6.10 Å². The molecule has 2 aliphatic rings. The van der Waals surface area contributed by atoms with Gasteiger partial charge < -0.3 is 19.5 Å². The summed E-state index contributed by atoms with van der Waals surface area (Å²) in [5.41, 5.74) is 0. The van der Waals surface area contributed by atoms with Gasteiger partial charge in [0.05, 0.1) is 19.8 Å². The Morgan fingerprint density at radius 2 is 2.29 bits per heavy atom. The minimum absolute atomic E-state index is 0.0485. The molecule has 0 aliphatic carbocycles. The number of hydrogen-bond donors (Lipinski definition) is 1. The predicted molar refractivity (Wildman–Crippen MR) is 61.6 cm³/mol. The van der Waals surface area contributed by atoms with Gasteiger partial charge in [0.2, 0.25) is 0 Å². The van der Waals surface area contributed by atoms with Crippen LogP contribution < -0.4 is 0 Å². The molecule has 98 valence electrons. The molecule has 2 atom stereocenters. The third-order valence-electron chi connectivity index (χ3n) is 3.46. The standard InChI is InChI=1S/C12H21NO4/c14-5-3-10-2-1-4-13(8-10)12(15)11-9-16-6-7-17-11/h10-11,14H,1-9H2. The van der Waals surface area contributed by atoms with E-state index in [1.807, 2.05) is 4.90 Å². The van der Waals surface area contributed by atoms with Gasteiger partial charge in [-0.05, 0) is 25.2 Å². The van der Waals surface area contributed by atoms with Gasteiger partial charge in [0.1, 0.15) is 0 Å². The number of piperidine rings is 1. The van der Waals surface area contributed by atoms with Crippen molar-refractivity contribution in [2.45, 2.75) is 25.4 Å². The Hall–Kier alpha value is -0.650. The lowest BCUT2D eigenvalue weighted by molar-refractivity contribution is -0.159. The van der Waals surface area contributed by atoms with Gasteiger partial charge in [-0.1, -0.05) is 0 Å². The van der Waals surface area contributed by atoms with E-state index in [9.17, 15) is 4.79 Å². The zero-order valence-corrected chi connectivity index (χ0v) is 10.1. The van der Waals surface area contributed by atoms with Gasteiger partial charge in [-0.15, -0.1) is 0 Å². The fourth-order valence-corrected chi connectivity index (χ4v) is 2.52. The van der Waals surface area contributed by atoms with E-state index in [1.165, 1.54) is 0 Å². The number of carbonyl (C=O) groups excluding carboxylic acids is 1. The SMILES string of the molecule is O=C(C1COCCO1)N1CCCC(CCO)C1. The number of aliphatic hydroxyl groups excluding tert-OH is 1. The van der Waals surface area contributed by atoms with E-state index in [-0.39, 0.29) is 12.5 Å². The Balaban J connectivity index is 1.85. The van der Waals surface area contributed by atoms with E-state index >= 15 is 0 Å². The maximum atomic E-state index is 12.2. The Kier molecular flexibility index (Phi) is 4.76. The molecule has 2 heterocycles. The number of carbonyl (C=O) groups is 1. The van der Waals surface area contributed by atoms with Crippen molar-refractivity contribution in [1.29, 1.82) is 0 Å². The third-order valence-corrected chi connectivity index (χ3v) is 3.46. The summed E-state index contributed by atoms with van der Waals surface area (Å²) >= 11 is 0. The van der Waals surface area contributed by atoms with Crippen LogP contribution in [0.4, 0.5) is 0 Å². The van der Waals surface area contributed by atoms with Crippen LogP contribution in [0.5, 0.6) is 0 Å². The van der Waals surface area contributed by atoms with Gasteiger partial charge in [0.25, 0.3) is 5.91 Å². The first kappa shape index (κ1) is 12.8. The molecule has 5 nitrogen and oxygen atoms in total. The predicted octanol–water partition coefficient (Wildman–Crippen LogP) is 0.0228. The maximum absolute atomic E-state index is 12.2. The Morgan fingerprint density at radius 3 is 3.00 bits per heavy atom. The molecular weight excluding hydrogens is 222 g/mol. The quantitative estimate of drug-likeness (QED) is 0.759. The van der Waals surface area contributed by atoms with Crippen molar-refractivity contribution >= 4 is 5.91 Å². The van der Waals surface area contributed by atoms with Gasteiger partial charge >= 0.3 is 0 Å². The summed E-state index contributed by atoms with van der Waals surface area (Å²) in [5.74, 6) is 0.481. The van der Waals surface area contributed by atoms with Crippen LogP contribution in [-0.2, 0) is 14.3 Å². The van der Waals surface area contributed by atoms with E-state index in [0.717, 1.165) is 32.4 Å². The van der Waals surface area contributed by atoms with Crippen molar-refractivity contribution in [1.82, 2.24) is 4.90 Å². The molecule has 0 spiro atoms. The molecule has 2 aliphatic heterocycles. The van der Waals surface area contributed by atoms with Crippen molar-refractivity contribution in [2.24, 2.45) is 5.92 Å². The number of hydrogen-bond acceptors (Lipinski definition) is 4. The summed E-state index contributed by atoms with van der Waals surface area (Å²) in [4.78, 5) is 14.0. The summed E-state index contributed by atoms with van der Waals surface area (Å²) in [6.45, 7) is 3.22. The van der Waals surface area contributed by atoms with Gasteiger partial charge in [-0.25, -0.2) is 0 Å². The van der Waals surface area contributed by atoms with Crippen LogP contribution in [0.1, 0.15) is 19.3 Å². The van der Waals surface area contributed by atoms with E-state index in [2.05, 4.69) is 0 Å². The molecule has 1 N–H and O–H groups in total. The topological polar surface area (TPSA) is 59.0 Å². The molecule has 2 saturated heterocycles. The average Bonchev–Trinajstić information content (AvgIpc) is 2.40. The van der Waals surface area contributed by atoms with Gasteiger partial charge in [0, 0.05) is 19.7 Å². The molecule has 2 unspecified atom stereocenters. The molecular formula is C12H21NO4.